The van der Waals surface area contributed by atoms with Crippen LogP contribution in [0.3, 0.4) is 0 Å². The van der Waals surface area contributed by atoms with Crippen molar-refractivity contribution in [2.75, 3.05) is 23.7 Å². The van der Waals surface area contributed by atoms with Gasteiger partial charge in [-0.2, -0.15) is 18.2 Å². The predicted octanol–water partition coefficient (Wildman–Crippen LogP) is 6.09. The fourth-order valence-electron chi connectivity index (χ4n) is 3.79. The molecule has 0 radical (unpaired) electrons. The molecule has 0 unspecified atom stereocenters. The Labute approximate surface area is 224 Å². The number of aromatic nitrogens is 3. The van der Waals surface area contributed by atoms with Crippen LogP contribution in [0.5, 0.6) is 0 Å². The first-order valence-corrected chi connectivity index (χ1v) is 12.4. The molecule has 0 fully saturated rings. The van der Waals surface area contributed by atoms with Crippen molar-refractivity contribution in [1.29, 1.82) is 0 Å². The standard InChI is InChI=1S/C24H23BrN6.C2HF3O2/c25-21-15-29-24(31-23(21)28-13-16-4-2-1-3-5-16)30-18-6-7-22-19(12-18)20(14-27-22)17-8-10-26-11-9-17;3-2(4,5)1(6)7/h1-8,12,14-15,26-27H,9-11,13H2,(H2,28,29,30,31);(H,6,7). The monoisotopic (exact) mass is 588 g/mol. The lowest BCUT2D eigenvalue weighted by Crippen LogP contribution is -2.21. The van der Waals surface area contributed by atoms with Crippen molar-refractivity contribution in [3.05, 3.63) is 82.6 Å². The van der Waals surface area contributed by atoms with Gasteiger partial charge in [0.2, 0.25) is 5.95 Å². The van der Waals surface area contributed by atoms with Crippen molar-refractivity contribution < 1.29 is 23.1 Å². The summed E-state index contributed by atoms with van der Waals surface area (Å²) in [5.74, 6) is -1.45. The van der Waals surface area contributed by atoms with E-state index in [0.29, 0.717) is 12.5 Å². The van der Waals surface area contributed by atoms with Gasteiger partial charge in [0.05, 0.1) is 4.47 Å². The highest BCUT2D eigenvalue weighted by atomic mass is 79.9. The number of aromatic amines is 1. The third-order valence-electron chi connectivity index (χ3n) is 5.64. The Morgan fingerprint density at radius 1 is 1.16 bits per heavy atom. The van der Waals surface area contributed by atoms with Gasteiger partial charge in [0.25, 0.3) is 0 Å². The van der Waals surface area contributed by atoms with E-state index < -0.39 is 12.1 Å². The smallest absolute Gasteiger partial charge is 0.475 e. The molecule has 38 heavy (non-hydrogen) atoms. The molecule has 5 rings (SSSR count). The molecule has 0 spiro atoms. The zero-order valence-corrected chi connectivity index (χ0v) is 21.5. The van der Waals surface area contributed by atoms with Gasteiger partial charge in [-0.25, -0.2) is 9.78 Å². The molecule has 0 amide bonds. The highest BCUT2D eigenvalue weighted by Gasteiger charge is 2.38. The number of anilines is 3. The maximum atomic E-state index is 10.6. The van der Waals surface area contributed by atoms with Crippen molar-refractivity contribution in [2.24, 2.45) is 0 Å². The van der Waals surface area contributed by atoms with Crippen molar-refractivity contribution in [3.8, 4) is 0 Å². The summed E-state index contributed by atoms with van der Waals surface area (Å²) in [6, 6.07) is 16.5. The second-order valence-corrected chi connectivity index (χ2v) is 9.16. The van der Waals surface area contributed by atoms with Crippen LogP contribution >= 0.6 is 15.9 Å². The van der Waals surface area contributed by atoms with Crippen LogP contribution in [-0.2, 0) is 11.3 Å². The number of nitrogens with zero attached hydrogens (tertiary/aromatic N) is 2. The summed E-state index contributed by atoms with van der Waals surface area (Å²) in [7, 11) is 0. The molecule has 4 aromatic rings. The number of hydrogen-bond acceptors (Lipinski definition) is 6. The van der Waals surface area contributed by atoms with E-state index in [2.05, 4.69) is 83.4 Å². The van der Waals surface area contributed by atoms with E-state index in [4.69, 9.17) is 9.90 Å². The molecular formula is C26H24BrF3N6O2. The SMILES string of the molecule is Brc1cnc(Nc2ccc3[nH]cc(C4=CCNCC4)c3c2)nc1NCc1ccccc1.O=C(O)C(F)(F)F. The van der Waals surface area contributed by atoms with Crippen molar-refractivity contribution >= 4 is 55.8 Å². The second-order valence-electron chi connectivity index (χ2n) is 8.30. The molecule has 0 atom stereocenters. The molecule has 3 heterocycles. The van der Waals surface area contributed by atoms with Crippen LogP contribution in [0.2, 0.25) is 0 Å². The zero-order valence-electron chi connectivity index (χ0n) is 19.9. The zero-order chi connectivity index (χ0) is 27.1. The van der Waals surface area contributed by atoms with Crippen molar-refractivity contribution in [2.45, 2.75) is 19.1 Å². The molecular weight excluding hydrogens is 565 g/mol. The molecule has 1 aliphatic heterocycles. The molecule has 12 heteroatoms. The van der Waals surface area contributed by atoms with E-state index in [1.807, 2.05) is 24.3 Å². The Bertz CT molecular complexity index is 1440. The summed E-state index contributed by atoms with van der Waals surface area (Å²) >= 11 is 3.54. The molecule has 2 aromatic carbocycles. The number of fused-ring (bicyclic) bond motifs is 1. The normalized spacial score (nSPS) is 13.3. The van der Waals surface area contributed by atoms with Crippen LogP contribution in [0.25, 0.3) is 16.5 Å². The summed E-state index contributed by atoms with van der Waals surface area (Å²) in [5.41, 5.74) is 5.93. The van der Waals surface area contributed by atoms with Gasteiger partial charge >= 0.3 is 12.1 Å². The number of alkyl halides is 3. The fourth-order valence-corrected chi connectivity index (χ4v) is 4.12. The van der Waals surface area contributed by atoms with Gasteiger partial charge in [0, 0.05) is 47.6 Å². The first kappa shape index (κ1) is 27.1. The molecule has 5 N–H and O–H groups in total. The number of hydrogen-bond donors (Lipinski definition) is 5. The van der Waals surface area contributed by atoms with Crippen LogP contribution < -0.4 is 16.0 Å². The van der Waals surface area contributed by atoms with E-state index in [0.717, 1.165) is 41.0 Å². The van der Waals surface area contributed by atoms with E-state index >= 15 is 0 Å². The van der Waals surface area contributed by atoms with Crippen LogP contribution in [0.1, 0.15) is 17.5 Å². The minimum Gasteiger partial charge on any atom is -0.475 e. The molecule has 0 aliphatic carbocycles. The Morgan fingerprint density at radius 3 is 2.61 bits per heavy atom. The Morgan fingerprint density at radius 2 is 1.92 bits per heavy atom. The van der Waals surface area contributed by atoms with Gasteiger partial charge in [-0.3, -0.25) is 0 Å². The van der Waals surface area contributed by atoms with Gasteiger partial charge < -0.3 is 26.0 Å². The Balaban J connectivity index is 0.000000426. The maximum absolute atomic E-state index is 10.6. The number of rotatable bonds is 6. The maximum Gasteiger partial charge on any atom is 0.490 e. The minimum atomic E-state index is -5.08. The number of carboxylic acid groups (broad SMARTS) is 1. The number of halogens is 4. The topological polar surface area (TPSA) is 115 Å². The van der Waals surface area contributed by atoms with Crippen molar-refractivity contribution in [3.63, 3.8) is 0 Å². The first-order chi connectivity index (χ1) is 18.2. The average Bonchev–Trinajstić information content (AvgIpc) is 3.33. The van der Waals surface area contributed by atoms with E-state index in [1.54, 1.807) is 6.20 Å². The van der Waals surface area contributed by atoms with E-state index in [9.17, 15) is 13.2 Å². The molecule has 0 saturated carbocycles. The van der Waals surface area contributed by atoms with Gasteiger partial charge in [0.1, 0.15) is 5.82 Å². The van der Waals surface area contributed by atoms with Gasteiger partial charge in [0.15, 0.2) is 0 Å². The highest BCUT2D eigenvalue weighted by molar-refractivity contribution is 9.10. The Hall–Kier alpha value is -3.90. The average molecular weight is 589 g/mol. The molecule has 8 nitrogen and oxygen atoms in total. The molecule has 0 saturated heterocycles. The van der Waals surface area contributed by atoms with Gasteiger partial charge in [-0.15, -0.1) is 0 Å². The van der Waals surface area contributed by atoms with Crippen LogP contribution in [0.4, 0.5) is 30.6 Å². The van der Waals surface area contributed by atoms with E-state index in [-0.39, 0.29) is 0 Å². The summed E-state index contributed by atoms with van der Waals surface area (Å²) in [6.45, 7) is 2.63. The summed E-state index contributed by atoms with van der Waals surface area (Å²) in [4.78, 5) is 21.4. The molecule has 1 aliphatic rings. The van der Waals surface area contributed by atoms with Crippen LogP contribution in [-0.4, -0.2) is 45.3 Å². The second kappa shape index (κ2) is 12.1. The van der Waals surface area contributed by atoms with Gasteiger partial charge in [-0.1, -0.05) is 36.4 Å². The lowest BCUT2D eigenvalue weighted by Gasteiger charge is -2.14. The predicted molar refractivity (Wildman–Crippen MR) is 144 cm³/mol. The summed E-state index contributed by atoms with van der Waals surface area (Å²) in [5, 5.41) is 18.4. The van der Waals surface area contributed by atoms with E-state index in [1.165, 1.54) is 22.1 Å². The lowest BCUT2D eigenvalue weighted by atomic mass is 9.99. The molecule has 198 valence electrons. The molecule has 0 bridgehead atoms. The van der Waals surface area contributed by atoms with Crippen LogP contribution in [0, 0.1) is 0 Å². The quantitative estimate of drug-likeness (QED) is 0.185. The number of aliphatic carboxylic acids is 1. The Kier molecular flexibility index (Phi) is 8.64. The third kappa shape index (κ3) is 7.11. The number of nitrogens with one attached hydrogen (secondary N) is 4. The largest absolute Gasteiger partial charge is 0.490 e. The lowest BCUT2D eigenvalue weighted by molar-refractivity contribution is -0.192. The van der Waals surface area contributed by atoms with Crippen molar-refractivity contribution in [1.82, 2.24) is 20.3 Å². The minimum absolute atomic E-state index is 0.552. The third-order valence-corrected chi connectivity index (χ3v) is 6.22. The summed E-state index contributed by atoms with van der Waals surface area (Å²) in [6.07, 6.45) is 2.10. The number of H-pyrrole nitrogens is 1. The number of carbonyl (C=O) groups is 1. The van der Waals surface area contributed by atoms with Crippen LogP contribution in [0.15, 0.2) is 71.5 Å². The number of benzene rings is 2. The fraction of sp³-hybridized carbons (Fsp3) is 0.192. The van der Waals surface area contributed by atoms with Gasteiger partial charge in [-0.05, 0) is 58.2 Å². The summed E-state index contributed by atoms with van der Waals surface area (Å²) < 4.78 is 32.6. The first-order valence-electron chi connectivity index (χ1n) is 11.6. The molecule has 2 aromatic heterocycles. The number of carboxylic acids is 1. The highest BCUT2D eigenvalue weighted by Crippen LogP contribution is 2.31.